The standard InChI is InChI=1S/C14H14N4OS/c1-9-15-6-5-10(16-9)8-18-13-7-11(19-2)3-4-12(13)17-14(18)20/h3-7H,8H2,1-2H3,(H,17,20). The molecule has 3 rings (SSSR count). The molecule has 0 aliphatic carbocycles. The van der Waals surface area contributed by atoms with E-state index in [0.29, 0.717) is 11.3 Å². The zero-order valence-electron chi connectivity index (χ0n) is 11.3. The van der Waals surface area contributed by atoms with E-state index in [1.807, 2.05) is 35.8 Å². The molecule has 0 amide bonds. The Kier molecular flexibility index (Phi) is 3.23. The van der Waals surface area contributed by atoms with E-state index in [1.54, 1.807) is 13.3 Å². The number of fused-ring (bicyclic) bond motifs is 1. The molecule has 0 spiro atoms. The average Bonchev–Trinajstić information content (AvgIpc) is 2.74. The van der Waals surface area contributed by atoms with Gasteiger partial charge >= 0.3 is 0 Å². The number of H-pyrrole nitrogens is 1. The maximum absolute atomic E-state index is 5.39. The highest BCUT2D eigenvalue weighted by Gasteiger charge is 2.07. The molecule has 0 radical (unpaired) electrons. The molecule has 2 heterocycles. The van der Waals surface area contributed by atoms with Crippen molar-refractivity contribution in [3.05, 3.63) is 46.8 Å². The number of imidazole rings is 1. The minimum absolute atomic E-state index is 0.607. The number of aromatic nitrogens is 4. The van der Waals surface area contributed by atoms with Gasteiger partial charge in [0.05, 0.1) is 30.4 Å². The van der Waals surface area contributed by atoms with Crippen LogP contribution in [0.5, 0.6) is 5.75 Å². The van der Waals surface area contributed by atoms with Crippen molar-refractivity contribution in [1.29, 1.82) is 0 Å². The Morgan fingerprint density at radius 3 is 2.95 bits per heavy atom. The average molecular weight is 286 g/mol. The summed E-state index contributed by atoms with van der Waals surface area (Å²) in [6.45, 7) is 2.48. The molecule has 0 saturated carbocycles. The third-order valence-electron chi connectivity index (χ3n) is 3.14. The van der Waals surface area contributed by atoms with Crippen molar-refractivity contribution in [3.63, 3.8) is 0 Å². The van der Waals surface area contributed by atoms with Crippen LogP contribution in [0.3, 0.4) is 0 Å². The molecule has 0 saturated heterocycles. The van der Waals surface area contributed by atoms with Gasteiger partial charge in [-0.1, -0.05) is 0 Å². The third-order valence-corrected chi connectivity index (χ3v) is 3.46. The Balaban J connectivity index is 2.10. The van der Waals surface area contributed by atoms with Crippen LogP contribution in [-0.2, 0) is 6.54 Å². The van der Waals surface area contributed by atoms with E-state index in [0.717, 1.165) is 28.3 Å². The summed E-state index contributed by atoms with van der Waals surface area (Å²) in [5.74, 6) is 1.56. The van der Waals surface area contributed by atoms with Crippen LogP contribution in [0, 0.1) is 11.7 Å². The summed E-state index contributed by atoms with van der Waals surface area (Å²) in [6, 6.07) is 7.74. The number of aromatic amines is 1. The zero-order valence-corrected chi connectivity index (χ0v) is 12.1. The summed E-state index contributed by atoms with van der Waals surface area (Å²) < 4.78 is 7.95. The number of hydrogen-bond acceptors (Lipinski definition) is 4. The Morgan fingerprint density at radius 2 is 2.20 bits per heavy atom. The van der Waals surface area contributed by atoms with E-state index in [1.165, 1.54) is 0 Å². The predicted molar refractivity (Wildman–Crippen MR) is 79.5 cm³/mol. The fourth-order valence-electron chi connectivity index (χ4n) is 2.17. The maximum Gasteiger partial charge on any atom is 0.178 e. The summed E-state index contributed by atoms with van der Waals surface area (Å²) in [7, 11) is 1.65. The smallest absolute Gasteiger partial charge is 0.178 e. The molecule has 0 fully saturated rings. The maximum atomic E-state index is 5.39. The van der Waals surface area contributed by atoms with Gasteiger partial charge in [0.25, 0.3) is 0 Å². The summed E-state index contributed by atoms with van der Waals surface area (Å²) >= 11 is 5.39. The molecule has 102 valence electrons. The second-order valence-electron chi connectivity index (χ2n) is 4.49. The van der Waals surface area contributed by atoms with E-state index in [-0.39, 0.29) is 0 Å². The van der Waals surface area contributed by atoms with Crippen LogP contribution in [0.1, 0.15) is 11.5 Å². The second-order valence-corrected chi connectivity index (χ2v) is 4.88. The quantitative estimate of drug-likeness (QED) is 0.752. The topological polar surface area (TPSA) is 55.7 Å². The van der Waals surface area contributed by atoms with Crippen LogP contribution in [0.4, 0.5) is 0 Å². The number of benzene rings is 1. The lowest BCUT2D eigenvalue weighted by atomic mass is 10.3. The molecule has 20 heavy (non-hydrogen) atoms. The molecular weight excluding hydrogens is 272 g/mol. The van der Waals surface area contributed by atoms with Crippen LogP contribution in [-0.4, -0.2) is 26.6 Å². The molecule has 5 nitrogen and oxygen atoms in total. The van der Waals surface area contributed by atoms with Crippen molar-refractivity contribution in [2.75, 3.05) is 7.11 Å². The molecule has 0 bridgehead atoms. The van der Waals surface area contributed by atoms with Crippen molar-refractivity contribution in [1.82, 2.24) is 19.5 Å². The van der Waals surface area contributed by atoms with Crippen LogP contribution in [0.25, 0.3) is 11.0 Å². The summed E-state index contributed by atoms with van der Waals surface area (Å²) in [4.78, 5) is 11.7. The third kappa shape index (κ3) is 2.30. The Bertz CT molecular complexity index is 821. The van der Waals surface area contributed by atoms with Crippen LogP contribution in [0.2, 0.25) is 0 Å². The normalized spacial score (nSPS) is 10.9. The van der Waals surface area contributed by atoms with Gasteiger partial charge in [0.2, 0.25) is 0 Å². The van der Waals surface area contributed by atoms with Gasteiger partial charge in [0.15, 0.2) is 4.77 Å². The van der Waals surface area contributed by atoms with Gasteiger partial charge in [-0.3, -0.25) is 0 Å². The van der Waals surface area contributed by atoms with Crippen molar-refractivity contribution in [3.8, 4) is 5.75 Å². The molecule has 0 unspecified atom stereocenters. The Hall–Kier alpha value is -2.21. The highest BCUT2D eigenvalue weighted by Crippen LogP contribution is 2.21. The minimum atomic E-state index is 0.607. The van der Waals surface area contributed by atoms with Crippen molar-refractivity contribution >= 4 is 23.3 Å². The lowest BCUT2D eigenvalue weighted by Crippen LogP contribution is -2.03. The number of rotatable bonds is 3. The lowest BCUT2D eigenvalue weighted by molar-refractivity contribution is 0.415. The minimum Gasteiger partial charge on any atom is -0.497 e. The predicted octanol–water partition coefficient (Wildman–Crippen LogP) is 2.85. The number of hydrogen-bond donors (Lipinski definition) is 1. The molecule has 3 aromatic rings. The SMILES string of the molecule is COc1ccc2[nH]c(=S)n(Cc3ccnc(C)n3)c2c1. The first kappa shape index (κ1) is 12.8. The molecule has 0 aliphatic rings. The first-order valence-electron chi connectivity index (χ1n) is 6.22. The Labute approximate surface area is 121 Å². The van der Waals surface area contributed by atoms with Gasteiger partial charge in [-0.2, -0.15) is 0 Å². The molecule has 2 aromatic heterocycles. The van der Waals surface area contributed by atoms with Gasteiger partial charge in [-0.15, -0.1) is 0 Å². The van der Waals surface area contributed by atoms with Crippen molar-refractivity contribution < 1.29 is 4.74 Å². The molecule has 0 aliphatic heterocycles. The molecule has 0 atom stereocenters. The first-order chi connectivity index (χ1) is 9.67. The molecular formula is C14H14N4OS. The summed E-state index contributed by atoms with van der Waals surface area (Å²) in [5, 5.41) is 0. The largest absolute Gasteiger partial charge is 0.497 e. The van der Waals surface area contributed by atoms with Crippen molar-refractivity contribution in [2.45, 2.75) is 13.5 Å². The summed E-state index contributed by atoms with van der Waals surface area (Å²) in [6.07, 6.45) is 1.76. The number of nitrogens with zero attached hydrogens (tertiary/aromatic N) is 3. The molecule has 1 N–H and O–H groups in total. The Morgan fingerprint density at radius 1 is 1.35 bits per heavy atom. The van der Waals surface area contributed by atoms with Gasteiger partial charge < -0.3 is 14.3 Å². The number of methoxy groups -OCH3 is 1. The lowest BCUT2D eigenvalue weighted by Gasteiger charge is -2.06. The number of aryl methyl sites for hydroxylation is 1. The van der Waals surface area contributed by atoms with Gasteiger partial charge in [-0.05, 0) is 37.3 Å². The molecule has 6 heteroatoms. The van der Waals surface area contributed by atoms with Crippen LogP contribution in [0.15, 0.2) is 30.5 Å². The monoisotopic (exact) mass is 286 g/mol. The van der Waals surface area contributed by atoms with E-state index in [9.17, 15) is 0 Å². The highest BCUT2D eigenvalue weighted by atomic mass is 32.1. The van der Waals surface area contributed by atoms with Gasteiger partial charge in [-0.25, -0.2) is 9.97 Å². The zero-order chi connectivity index (χ0) is 14.1. The number of ether oxygens (including phenoxy) is 1. The van der Waals surface area contributed by atoms with Crippen LogP contribution < -0.4 is 4.74 Å². The van der Waals surface area contributed by atoms with Gasteiger partial charge in [0, 0.05) is 12.3 Å². The number of nitrogens with one attached hydrogen (secondary N) is 1. The van der Waals surface area contributed by atoms with E-state index >= 15 is 0 Å². The fraction of sp³-hybridized carbons (Fsp3) is 0.214. The van der Waals surface area contributed by atoms with E-state index in [4.69, 9.17) is 17.0 Å². The van der Waals surface area contributed by atoms with Crippen LogP contribution >= 0.6 is 12.2 Å². The second kappa shape index (κ2) is 5.05. The highest BCUT2D eigenvalue weighted by molar-refractivity contribution is 7.71. The van der Waals surface area contributed by atoms with Gasteiger partial charge in [0.1, 0.15) is 11.6 Å². The molecule has 1 aromatic carbocycles. The fourth-order valence-corrected chi connectivity index (χ4v) is 2.44. The van der Waals surface area contributed by atoms with E-state index < -0.39 is 0 Å². The van der Waals surface area contributed by atoms with E-state index in [2.05, 4.69) is 15.0 Å². The summed E-state index contributed by atoms with van der Waals surface area (Å²) in [5.41, 5.74) is 2.92. The van der Waals surface area contributed by atoms with Crippen molar-refractivity contribution in [2.24, 2.45) is 0 Å². The first-order valence-corrected chi connectivity index (χ1v) is 6.63.